The minimum Gasteiger partial charge on any atom is -0.335 e. The van der Waals surface area contributed by atoms with Gasteiger partial charge in [-0.15, -0.1) is 12.4 Å². The van der Waals surface area contributed by atoms with Crippen LogP contribution in [0.15, 0.2) is 24.3 Å². The van der Waals surface area contributed by atoms with Crippen LogP contribution in [-0.4, -0.2) is 22.9 Å². The van der Waals surface area contributed by atoms with Gasteiger partial charge < -0.3 is 10.6 Å². The van der Waals surface area contributed by atoms with E-state index < -0.39 is 0 Å². The number of hydrogen-bond acceptors (Lipinski definition) is 2. The molecule has 1 aromatic rings. The van der Waals surface area contributed by atoms with E-state index in [0.717, 1.165) is 31.2 Å². The Morgan fingerprint density at radius 2 is 1.78 bits per heavy atom. The minimum absolute atomic E-state index is 0. The van der Waals surface area contributed by atoms with Crippen LogP contribution in [0.3, 0.4) is 0 Å². The topological polar surface area (TPSA) is 46.3 Å². The third kappa shape index (κ3) is 4.92. The fourth-order valence-electron chi connectivity index (χ4n) is 3.42. The summed E-state index contributed by atoms with van der Waals surface area (Å²) < 4.78 is 13.0. The first-order valence-corrected chi connectivity index (χ1v) is 8.43. The lowest BCUT2D eigenvalue weighted by Gasteiger charge is -2.31. The van der Waals surface area contributed by atoms with Gasteiger partial charge in [0.1, 0.15) is 5.82 Å². The molecule has 0 radical (unpaired) electrons. The molecule has 1 amide bonds. The van der Waals surface area contributed by atoms with Crippen LogP contribution in [-0.2, 0) is 11.3 Å². The standard InChI is InChI=1S/C18H25FN2O.ClH/c19-15-7-5-13(6-8-15)12-21(16-9-10-16)18(22)11-14-3-1-2-4-17(14)20;/h5-8,14,16-17H,1-4,9-12,20H2;1H. The normalized spacial score (nSPS) is 23.9. The van der Waals surface area contributed by atoms with Gasteiger partial charge in [0.2, 0.25) is 5.91 Å². The first kappa shape index (κ1) is 18.2. The molecular formula is C18H26ClFN2O. The van der Waals surface area contributed by atoms with Gasteiger partial charge in [-0.1, -0.05) is 25.0 Å². The Bertz CT molecular complexity index is 518. The first-order chi connectivity index (χ1) is 10.6. The van der Waals surface area contributed by atoms with E-state index in [0.29, 0.717) is 24.9 Å². The molecule has 0 saturated heterocycles. The van der Waals surface area contributed by atoms with Crippen molar-refractivity contribution in [2.24, 2.45) is 11.7 Å². The maximum atomic E-state index is 13.0. The zero-order valence-corrected chi connectivity index (χ0v) is 14.2. The highest BCUT2D eigenvalue weighted by molar-refractivity contribution is 5.85. The summed E-state index contributed by atoms with van der Waals surface area (Å²) in [7, 11) is 0. The van der Waals surface area contributed by atoms with Gasteiger partial charge in [-0.3, -0.25) is 4.79 Å². The highest BCUT2D eigenvalue weighted by atomic mass is 35.5. The molecule has 3 nitrogen and oxygen atoms in total. The molecule has 2 fully saturated rings. The Labute approximate surface area is 143 Å². The van der Waals surface area contributed by atoms with E-state index in [1.165, 1.54) is 25.0 Å². The molecule has 0 aromatic heterocycles. The monoisotopic (exact) mass is 340 g/mol. The van der Waals surface area contributed by atoms with Gasteiger partial charge in [0, 0.05) is 25.0 Å². The molecule has 1 aromatic carbocycles. The van der Waals surface area contributed by atoms with Crippen molar-refractivity contribution < 1.29 is 9.18 Å². The molecule has 0 aliphatic heterocycles. The number of halogens is 2. The average molecular weight is 341 g/mol. The summed E-state index contributed by atoms with van der Waals surface area (Å²) in [5.41, 5.74) is 7.17. The number of carbonyl (C=O) groups excluding carboxylic acids is 1. The van der Waals surface area contributed by atoms with Gasteiger partial charge in [-0.05, 0) is 49.3 Å². The Morgan fingerprint density at radius 3 is 2.39 bits per heavy atom. The lowest BCUT2D eigenvalue weighted by molar-refractivity contribution is -0.133. The van der Waals surface area contributed by atoms with E-state index in [1.54, 1.807) is 12.1 Å². The molecule has 3 rings (SSSR count). The molecule has 2 aliphatic carbocycles. The molecule has 2 atom stereocenters. The number of nitrogens with zero attached hydrogens (tertiary/aromatic N) is 1. The number of amides is 1. The zero-order chi connectivity index (χ0) is 15.5. The van der Waals surface area contributed by atoms with Crippen LogP contribution < -0.4 is 5.73 Å². The first-order valence-electron chi connectivity index (χ1n) is 8.43. The molecule has 5 heteroatoms. The predicted octanol–water partition coefficient (Wildman–Crippen LogP) is 3.65. The van der Waals surface area contributed by atoms with Gasteiger partial charge in [-0.25, -0.2) is 4.39 Å². The van der Waals surface area contributed by atoms with Crippen LogP contribution in [0, 0.1) is 11.7 Å². The fraction of sp³-hybridized carbons (Fsp3) is 0.611. The van der Waals surface area contributed by atoms with Crippen LogP contribution in [0.4, 0.5) is 4.39 Å². The molecule has 2 unspecified atom stereocenters. The summed E-state index contributed by atoms with van der Waals surface area (Å²) >= 11 is 0. The summed E-state index contributed by atoms with van der Waals surface area (Å²) in [5.74, 6) is 0.311. The highest BCUT2D eigenvalue weighted by Crippen LogP contribution is 2.32. The van der Waals surface area contributed by atoms with Crippen LogP contribution >= 0.6 is 12.4 Å². The zero-order valence-electron chi connectivity index (χ0n) is 13.4. The fourth-order valence-corrected chi connectivity index (χ4v) is 3.42. The van der Waals surface area contributed by atoms with E-state index in [-0.39, 0.29) is 30.2 Å². The van der Waals surface area contributed by atoms with Crippen molar-refractivity contribution in [1.29, 1.82) is 0 Å². The van der Waals surface area contributed by atoms with Crippen molar-refractivity contribution in [1.82, 2.24) is 4.90 Å². The van der Waals surface area contributed by atoms with E-state index in [4.69, 9.17) is 5.73 Å². The van der Waals surface area contributed by atoms with Gasteiger partial charge in [0.15, 0.2) is 0 Å². The van der Waals surface area contributed by atoms with Crippen LogP contribution in [0.1, 0.15) is 50.5 Å². The van der Waals surface area contributed by atoms with Gasteiger partial charge in [0.05, 0.1) is 0 Å². The van der Waals surface area contributed by atoms with Crippen molar-refractivity contribution in [3.63, 3.8) is 0 Å². The van der Waals surface area contributed by atoms with E-state index in [9.17, 15) is 9.18 Å². The molecular weight excluding hydrogens is 315 g/mol. The van der Waals surface area contributed by atoms with Crippen LogP contribution in [0.5, 0.6) is 0 Å². The number of hydrogen-bond donors (Lipinski definition) is 1. The largest absolute Gasteiger partial charge is 0.335 e. The summed E-state index contributed by atoms with van der Waals surface area (Å²) in [6, 6.07) is 7.00. The van der Waals surface area contributed by atoms with Gasteiger partial charge >= 0.3 is 0 Å². The van der Waals surface area contributed by atoms with E-state index in [2.05, 4.69) is 0 Å². The SMILES string of the molecule is Cl.NC1CCCCC1CC(=O)N(Cc1ccc(F)cc1)C1CC1. The molecule has 2 saturated carbocycles. The second-order valence-electron chi connectivity index (χ2n) is 6.79. The molecule has 128 valence electrons. The van der Waals surface area contributed by atoms with Crippen LogP contribution in [0.25, 0.3) is 0 Å². The second kappa shape index (κ2) is 8.11. The van der Waals surface area contributed by atoms with Crippen molar-refractivity contribution in [2.45, 2.75) is 63.6 Å². The minimum atomic E-state index is -0.235. The number of carbonyl (C=O) groups is 1. The molecule has 23 heavy (non-hydrogen) atoms. The number of nitrogens with two attached hydrogens (primary N) is 1. The third-order valence-corrected chi connectivity index (χ3v) is 4.98. The van der Waals surface area contributed by atoms with Crippen LogP contribution in [0.2, 0.25) is 0 Å². The lowest BCUT2D eigenvalue weighted by Crippen LogP contribution is -2.39. The van der Waals surface area contributed by atoms with E-state index in [1.807, 2.05) is 4.90 Å². The molecule has 0 heterocycles. The van der Waals surface area contributed by atoms with Gasteiger partial charge in [-0.2, -0.15) is 0 Å². The Kier molecular flexibility index (Phi) is 6.42. The maximum absolute atomic E-state index is 13.0. The molecule has 2 aliphatic rings. The quantitative estimate of drug-likeness (QED) is 0.889. The van der Waals surface area contributed by atoms with E-state index >= 15 is 0 Å². The van der Waals surface area contributed by atoms with Gasteiger partial charge in [0.25, 0.3) is 0 Å². The number of rotatable bonds is 5. The second-order valence-corrected chi connectivity index (χ2v) is 6.79. The molecule has 0 bridgehead atoms. The van der Waals surface area contributed by atoms with Crippen molar-refractivity contribution in [2.75, 3.05) is 0 Å². The Morgan fingerprint density at radius 1 is 1.13 bits per heavy atom. The summed E-state index contributed by atoms with van der Waals surface area (Å²) in [5, 5.41) is 0. The molecule has 0 spiro atoms. The van der Waals surface area contributed by atoms with Crippen molar-refractivity contribution >= 4 is 18.3 Å². The average Bonchev–Trinajstić information content (AvgIpc) is 3.33. The Balaban J connectivity index is 0.00000192. The summed E-state index contributed by atoms with van der Waals surface area (Å²) in [4.78, 5) is 14.7. The van der Waals surface area contributed by atoms with Crippen molar-refractivity contribution in [3.8, 4) is 0 Å². The summed E-state index contributed by atoms with van der Waals surface area (Å²) in [6.07, 6.45) is 7.23. The lowest BCUT2D eigenvalue weighted by atomic mass is 9.82. The third-order valence-electron chi connectivity index (χ3n) is 4.98. The van der Waals surface area contributed by atoms with Crippen molar-refractivity contribution in [3.05, 3.63) is 35.6 Å². The summed E-state index contributed by atoms with van der Waals surface area (Å²) in [6.45, 7) is 0.589. The predicted molar refractivity (Wildman–Crippen MR) is 91.8 cm³/mol. The smallest absolute Gasteiger partial charge is 0.223 e. The number of benzene rings is 1. The molecule has 2 N–H and O–H groups in total. The maximum Gasteiger partial charge on any atom is 0.223 e. The highest BCUT2D eigenvalue weighted by Gasteiger charge is 2.34. The Hall–Kier alpha value is -1.13.